The fourth-order valence-corrected chi connectivity index (χ4v) is 2.80. The summed E-state index contributed by atoms with van der Waals surface area (Å²) in [6, 6.07) is 0. The molecule has 2 heterocycles. The van der Waals surface area contributed by atoms with E-state index in [4.69, 9.17) is 19.9 Å². The molecule has 2 saturated heterocycles. The summed E-state index contributed by atoms with van der Waals surface area (Å²) in [5.74, 6) is 0.505. The molecule has 2 rings (SSSR count). The van der Waals surface area contributed by atoms with Crippen molar-refractivity contribution in [1.82, 2.24) is 10.2 Å². The molecule has 8 heteroatoms. The van der Waals surface area contributed by atoms with Crippen LogP contribution in [0, 0.1) is 0 Å². The number of ether oxygens (including phenoxy) is 3. The van der Waals surface area contributed by atoms with Crippen molar-refractivity contribution >= 4 is 29.9 Å². The highest BCUT2D eigenvalue weighted by molar-refractivity contribution is 14.0. The zero-order chi connectivity index (χ0) is 15.7. The van der Waals surface area contributed by atoms with E-state index >= 15 is 0 Å². The highest BCUT2D eigenvalue weighted by atomic mass is 127. The Kier molecular flexibility index (Phi) is 10.4. The average molecular weight is 442 g/mol. The Hall–Kier alpha value is -0.160. The van der Waals surface area contributed by atoms with Crippen molar-refractivity contribution in [3.63, 3.8) is 0 Å². The second kappa shape index (κ2) is 11.4. The summed E-state index contributed by atoms with van der Waals surface area (Å²) in [5.41, 5.74) is 5.73. The molecule has 0 radical (unpaired) electrons. The van der Waals surface area contributed by atoms with Gasteiger partial charge in [0.25, 0.3) is 0 Å². The van der Waals surface area contributed by atoms with E-state index in [0.717, 1.165) is 71.9 Å². The van der Waals surface area contributed by atoms with E-state index in [1.807, 2.05) is 0 Å². The van der Waals surface area contributed by atoms with Crippen molar-refractivity contribution in [1.29, 1.82) is 0 Å². The maximum atomic E-state index is 5.94. The number of nitrogens with one attached hydrogen (secondary N) is 1. The van der Waals surface area contributed by atoms with E-state index in [1.165, 1.54) is 0 Å². The summed E-state index contributed by atoms with van der Waals surface area (Å²) < 4.78 is 16.4. The molecule has 3 N–H and O–H groups in total. The lowest BCUT2D eigenvalue weighted by Gasteiger charge is -2.34. The van der Waals surface area contributed by atoms with Crippen LogP contribution in [-0.2, 0) is 14.2 Å². The first-order valence-electron chi connectivity index (χ1n) is 8.21. The van der Waals surface area contributed by atoms with Crippen molar-refractivity contribution in [2.75, 3.05) is 66.3 Å². The molecule has 2 aliphatic rings. The normalized spacial score (nSPS) is 22.4. The largest absolute Gasteiger partial charge is 0.381 e. The van der Waals surface area contributed by atoms with Crippen LogP contribution in [0.1, 0.15) is 19.3 Å². The molecule has 0 atom stereocenters. The quantitative estimate of drug-likeness (QED) is 0.258. The number of rotatable bonds is 7. The van der Waals surface area contributed by atoms with Gasteiger partial charge in [0.2, 0.25) is 0 Å². The number of halogens is 1. The molecule has 0 unspecified atom stereocenters. The van der Waals surface area contributed by atoms with E-state index in [2.05, 4.69) is 15.2 Å². The van der Waals surface area contributed by atoms with Gasteiger partial charge in [-0.1, -0.05) is 0 Å². The summed E-state index contributed by atoms with van der Waals surface area (Å²) in [5, 5.41) is 3.19. The van der Waals surface area contributed by atoms with Gasteiger partial charge in [0, 0.05) is 52.8 Å². The van der Waals surface area contributed by atoms with Gasteiger partial charge in [0.15, 0.2) is 5.96 Å². The topological polar surface area (TPSA) is 81.3 Å². The Balaban J connectivity index is 0.00000264. The lowest BCUT2D eigenvalue weighted by molar-refractivity contribution is -0.0828. The predicted octanol–water partition coefficient (Wildman–Crippen LogP) is 0.427. The first kappa shape index (κ1) is 20.9. The number of aliphatic imine (C=N–C) groups is 1. The van der Waals surface area contributed by atoms with Crippen LogP contribution in [0.2, 0.25) is 0 Å². The smallest absolute Gasteiger partial charge is 0.188 e. The van der Waals surface area contributed by atoms with Gasteiger partial charge in [0.1, 0.15) is 0 Å². The monoisotopic (exact) mass is 442 g/mol. The lowest BCUT2D eigenvalue weighted by Crippen LogP contribution is -2.43. The van der Waals surface area contributed by atoms with E-state index in [-0.39, 0.29) is 29.6 Å². The Morgan fingerprint density at radius 2 is 1.87 bits per heavy atom. The Morgan fingerprint density at radius 3 is 2.52 bits per heavy atom. The minimum atomic E-state index is -0.210. The van der Waals surface area contributed by atoms with Gasteiger partial charge in [-0.2, -0.15) is 0 Å². The summed E-state index contributed by atoms with van der Waals surface area (Å²) in [6.45, 7) is 7.73. The van der Waals surface area contributed by atoms with Crippen molar-refractivity contribution in [3.8, 4) is 0 Å². The van der Waals surface area contributed by atoms with Crippen LogP contribution in [0.15, 0.2) is 4.99 Å². The van der Waals surface area contributed by atoms with Crippen LogP contribution in [0.25, 0.3) is 0 Å². The molecule has 0 aliphatic carbocycles. The molecule has 0 amide bonds. The number of nitrogens with two attached hydrogens (primary N) is 1. The average Bonchev–Trinajstić information content (AvgIpc) is 2.59. The molecular weight excluding hydrogens is 411 g/mol. The van der Waals surface area contributed by atoms with Crippen LogP contribution in [0.5, 0.6) is 0 Å². The molecule has 0 spiro atoms. The van der Waals surface area contributed by atoms with Crippen LogP contribution in [0.4, 0.5) is 0 Å². The molecule has 136 valence electrons. The predicted molar refractivity (Wildman–Crippen MR) is 102 cm³/mol. The zero-order valence-corrected chi connectivity index (χ0v) is 16.4. The van der Waals surface area contributed by atoms with Crippen molar-refractivity contribution < 1.29 is 14.2 Å². The Bertz CT molecular complexity index is 346. The van der Waals surface area contributed by atoms with Crippen molar-refractivity contribution in [2.45, 2.75) is 24.9 Å². The zero-order valence-electron chi connectivity index (χ0n) is 14.1. The van der Waals surface area contributed by atoms with E-state index in [9.17, 15) is 0 Å². The number of morpholine rings is 1. The lowest BCUT2D eigenvalue weighted by atomic mass is 9.94. The van der Waals surface area contributed by atoms with E-state index < -0.39 is 0 Å². The summed E-state index contributed by atoms with van der Waals surface area (Å²) in [7, 11) is 1.74. The molecule has 7 nitrogen and oxygen atoms in total. The number of nitrogens with zero attached hydrogens (tertiary/aromatic N) is 2. The first-order chi connectivity index (χ1) is 10.7. The molecule has 0 bridgehead atoms. The third kappa shape index (κ3) is 7.51. The highest BCUT2D eigenvalue weighted by Gasteiger charge is 2.32. The fourth-order valence-electron chi connectivity index (χ4n) is 2.80. The highest BCUT2D eigenvalue weighted by Crippen LogP contribution is 2.24. The van der Waals surface area contributed by atoms with Gasteiger partial charge >= 0.3 is 0 Å². The third-order valence-corrected chi connectivity index (χ3v) is 4.44. The molecule has 0 saturated carbocycles. The molecule has 0 aromatic rings. The summed E-state index contributed by atoms with van der Waals surface area (Å²) >= 11 is 0. The molecule has 23 heavy (non-hydrogen) atoms. The molecular formula is C15H31IN4O3. The molecule has 2 aliphatic heterocycles. The number of methoxy groups -OCH3 is 1. The van der Waals surface area contributed by atoms with Gasteiger partial charge < -0.3 is 25.3 Å². The van der Waals surface area contributed by atoms with Crippen LogP contribution < -0.4 is 11.1 Å². The van der Waals surface area contributed by atoms with Crippen LogP contribution in [-0.4, -0.2) is 82.7 Å². The van der Waals surface area contributed by atoms with Gasteiger partial charge in [-0.3, -0.25) is 9.89 Å². The van der Waals surface area contributed by atoms with Crippen molar-refractivity contribution in [2.24, 2.45) is 10.7 Å². The summed E-state index contributed by atoms with van der Waals surface area (Å²) in [6.07, 6.45) is 2.80. The summed E-state index contributed by atoms with van der Waals surface area (Å²) in [4.78, 5) is 6.86. The second-order valence-electron chi connectivity index (χ2n) is 5.94. The number of hydrogen-bond donors (Lipinski definition) is 2. The minimum Gasteiger partial charge on any atom is -0.381 e. The number of guanidine groups is 1. The number of hydrogen-bond acceptors (Lipinski definition) is 5. The van der Waals surface area contributed by atoms with Crippen LogP contribution >= 0.6 is 24.0 Å². The van der Waals surface area contributed by atoms with Gasteiger partial charge in [-0.25, -0.2) is 0 Å². The van der Waals surface area contributed by atoms with Crippen molar-refractivity contribution in [3.05, 3.63) is 0 Å². The Labute approximate surface area is 156 Å². The van der Waals surface area contributed by atoms with E-state index in [1.54, 1.807) is 7.11 Å². The SMILES string of the molecule is COC1(CN=C(N)NCCCN2CCOCC2)CCOCC1.I. The van der Waals surface area contributed by atoms with Gasteiger partial charge in [-0.05, 0) is 13.0 Å². The third-order valence-electron chi connectivity index (χ3n) is 4.44. The standard InChI is InChI=1S/C15H30N4O3.HI/c1-20-15(3-9-21-10-4-15)13-18-14(16)17-5-2-6-19-7-11-22-12-8-19;/h2-13H2,1H3,(H3,16,17,18);1H. The first-order valence-corrected chi connectivity index (χ1v) is 8.21. The van der Waals surface area contributed by atoms with E-state index in [0.29, 0.717) is 12.5 Å². The fraction of sp³-hybridized carbons (Fsp3) is 0.933. The van der Waals surface area contributed by atoms with Crippen LogP contribution in [0.3, 0.4) is 0 Å². The van der Waals surface area contributed by atoms with Gasteiger partial charge in [0.05, 0.1) is 25.4 Å². The minimum absolute atomic E-state index is 0. The van der Waals surface area contributed by atoms with Gasteiger partial charge in [-0.15, -0.1) is 24.0 Å². The molecule has 2 fully saturated rings. The molecule has 0 aromatic heterocycles. The maximum absolute atomic E-state index is 5.94. The molecule has 0 aromatic carbocycles. The Morgan fingerprint density at radius 1 is 1.22 bits per heavy atom. The second-order valence-corrected chi connectivity index (χ2v) is 5.94. The maximum Gasteiger partial charge on any atom is 0.188 e.